The molecule has 26 heavy (non-hydrogen) atoms. The lowest BCUT2D eigenvalue weighted by Crippen LogP contribution is -2.42. The van der Waals surface area contributed by atoms with Gasteiger partial charge in [0, 0.05) is 32.4 Å². The van der Waals surface area contributed by atoms with E-state index in [-0.39, 0.29) is 24.0 Å². The zero-order valence-corrected chi connectivity index (χ0v) is 16.4. The van der Waals surface area contributed by atoms with Crippen molar-refractivity contribution in [3.63, 3.8) is 0 Å². The van der Waals surface area contributed by atoms with Crippen LogP contribution in [0.15, 0.2) is 23.8 Å². The molecule has 8 nitrogen and oxygen atoms in total. The molecule has 0 aromatic carbocycles. The van der Waals surface area contributed by atoms with Gasteiger partial charge in [-0.2, -0.15) is 0 Å². The molecular formula is C18H34N4O4. The van der Waals surface area contributed by atoms with E-state index >= 15 is 0 Å². The quantitative estimate of drug-likeness (QED) is 0.202. The van der Waals surface area contributed by atoms with Gasteiger partial charge in [-0.1, -0.05) is 20.4 Å². The van der Waals surface area contributed by atoms with Gasteiger partial charge in [0.05, 0.1) is 0 Å². The first kappa shape index (κ1) is 23.9. The highest BCUT2D eigenvalue weighted by atomic mass is 16.3. The lowest BCUT2D eigenvalue weighted by Gasteiger charge is -2.31. The van der Waals surface area contributed by atoms with E-state index in [1.54, 1.807) is 18.9 Å². The van der Waals surface area contributed by atoms with Crippen molar-refractivity contribution in [1.82, 2.24) is 20.4 Å². The summed E-state index contributed by atoms with van der Waals surface area (Å²) in [7, 11) is 1.63. The first-order chi connectivity index (χ1) is 12.3. The third-order valence-corrected chi connectivity index (χ3v) is 3.79. The van der Waals surface area contributed by atoms with Crippen LogP contribution in [0.2, 0.25) is 0 Å². The molecule has 0 fully saturated rings. The van der Waals surface area contributed by atoms with Crippen LogP contribution < -0.4 is 10.6 Å². The van der Waals surface area contributed by atoms with Crippen molar-refractivity contribution in [3.8, 4) is 0 Å². The summed E-state index contributed by atoms with van der Waals surface area (Å²) in [6, 6.07) is 0. The average Bonchev–Trinajstić information content (AvgIpc) is 2.58. The first-order valence-electron chi connectivity index (χ1n) is 8.88. The Morgan fingerprint density at radius 2 is 1.88 bits per heavy atom. The van der Waals surface area contributed by atoms with Crippen molar-refractivity contribution in [2.75, 3.05) is 33.5 Å². The maximum atomic E-state index is 13.0. The Kier molecular flexibility index (Phi) is 12.1. The number of rotatable bonds is 14. The van der Waals surface area contributed by atoms with Crippen molar-refractivity contribution in [2.24, 2.45) is 5.92 Å². The van der Waals surface area contributed by atoms with E-state index in [0.29, 0.717) is 37.5 Å². The predicted octanol–water partition coefficient (Wildman–Crippen LogP) is 0.554. The van der Waals surface area contributed by atoms with Crippen molar-refractivity contribution >= 4 is 12.3 Å². The van der Waals surface area contributed by atoms with E-state index in [2.05, 4.69) is 31.1 Å². The van der Waals surface area contributed by atoms with Gasteiger partial charge in [0.1, 0.15) is 18.2 Å². The number of hydrogen-bond acceptors (Lipinski definition) is 6. The number of aliphatic hydroxyl groups is 2. The number of aliphatic hydroxyl groups excluding tert-OH is 2. The molecule has 0 atom stereocenters. The van der Waals surface area contributed by atoms with Gasteiger partial charge in [-0.05, 0) is 32.1 Å². The normalized spacial score (nSPS) is 11.7. The van der Waals surface area contributed by atoms with E-state index in [4.69, 9.17) is 5.11 Å². The molecule has 0 spiro atoms. The maximum absolute atomic E-state index is 13.0. The van der Waals surface area contributed by atoms with Crippen molar-refractivity contribution < 1.29 is 19.8 Å². The van der Waals surface area contributed by atoms with E-state index < -0.39 is 6.73 Å². The van der Waals surface area contributed by atoms with Gasteiger partial charge in [-0.15, -0.1) is 0 Å². The summed E-state index contributed by atoms with van der Waals surface area (Å²) in [6.45, 7) is 10.4. The average molecular weight is 370 g/mol. The molecule has 0 bridgehead atoms. The Balaban J connectivity index is 5.82. The van der Waals surface area contributed by atoms with Crippen LogP contribution in [0.25, 0.3) is 0 Å². The molecule has 0 saturated heterocycles. The number of nitrogens with zero attached hydrogens (tertiary/aromatic N) is 2. The van der Waals surface area contributed by atoms with Crippen molar-refractivity contribution in [3.05, 3.63) is 23.8 Å². The summed E-state index contributed by atoms with van der Waals surface area (Å²) in [5.41, 5.74) is 0.862. The Bertz CT molecular complexity index is 492. The van der Waals surface area contributed by atoms with Gasteiger partial charge in [0.15, 0.2) is 0 Å². The highest BCUT2D eigenvalue weighted by molar-refractivity contribution is 5.94. The van der Waals surface area contributed by atoms with Gasteiger partial charge in [0.25, 0.3) is 5.91 Å². The number of amides is 2. The highest BCUT2D eigenvalue weighted by Gasteiger charge is 2.26. The molecular weight excluding hydrogens is 336 g/mol. The fraction of sp³-hybridized carbons (Fsp3) is 0.667. The Morgan fingerprint density at radius 3 is 2.35 bits per heavy atom. The number of carbonyl (C=O) groups is 2. The molecule has 8 heteroatoms. The molecule has 150 valence electrons. The second kappa shape index (κ2) is 13.2. The van der Waals surface area contributed by atoms with Crippen LogP contribution >= 0.6 is 0 Å². The number of nitrogens with one attached hydrogen (secondary N) is 2. The first-order valence-corrected chi connectivity index (χ1v) is 8.88. The highest BCUT2D eigenvalue weighted by Crippen LogP contribution is 2.18. The summed E-state index contributed by atoms with van der Waals surface area (Å²) >= 11 is 0. The zero-order chi connectivity index (χ0) is 20.1. The largest absolute Gasteiger partial charge is 0.396 e. The fourth-order valence-electron chi connectivity index (χ4n) is 2.44. The molecule has 0 unspecified atom stereocenters. The number of hydrogen-bond donors (Lipinski definition) is 4. The number of carbonyl (C=O) groups excluding carboxylic acids is 2. The molecule has 0 rings (SSSR count). The third-order valence-electron chi connectivity index (χ3n) is 3.79. The third kappa shape index (κ3) is 8.35. The molecule has 0 aliphatic carbocycles. The van der Waals surface area contributed by atoms with Gasteiger partial charge >= 0.3 is 0 Å². The molecule has 0 aliphatic rings. The van der Waals surface area contributed by atoms with Crippen LogP contribution in [-0.2, 0) is 9.59 Å². The fourth-order valence-corrected chi connectivity index (χ4v) is 2.44. The van der Waals surface area contributed by atoms with Crippen LogP contribution in [0, 0.1) is 5.92 Å². The second-order valence-electron chi connectivity index (χ2n) is 6.55. The van der Waals surface area contributed by atoms with E-state index in [1.165, 1.54) is 4.90 Å². The predicted molar refractivity (Wildman–Crippen MR) is 101 cm³/mol. The monoisotopic (exact) mass is 370 g/mol. The van der Waals surface area contributed by atoms with E-state index in [1.807, 2.05) is 0 Å². The van der Waals surface area contributed by atoms with Gasteiger partial charge in [-0.25, -0.2) is 0 Å². The van der Waals surface area contributed by atoms with Crippen LogP contribution in [0.4, 0.5) is 0 Å². The minimum Gasteiger partial charge on any atom is -0.396 e. The molecule has 0 heterocycles. The maximum Gasteiger partial charge on any atom is 0.274 e. The molecule has 0 saturated carbocycles. The van der Waals surface area contributed by atoms with Crippen LogP contribution in [0.5, 0.6) is 0 Å². The minimum atomic E-state index is -0.441. The molecule has 0 radical (unpaired) electrons. The molecule has 0 aromatic rings. The Labute approximate surface area is 156 Å². The minimum absolute atomic E-state index is 0.0242. The van der Waals surface area contributed by atoms with Crippen molar-refractivity contribution in [1.29, 1.82) is 0 Å². The molecule has 0 aromatic heterocycles. The van der Waals surface area contributed by atoms with Gasteiger partial charge in [-0.3, -0.25) is 9.59 Å². The lowest BCUT2D eigenvalue weighted by atomic mass is 10.1. The van der Waals surface area contributed by atoms with Gasteiger partial charge in [0.2, 0.25) is 6.41 Å². The Morgan fingerprint density at radius 1 is 1.23 bits per heavy atom. The molecule has 0 aliphatic heterocycles. The molecule has 4 N–H and O–H groups in total. The summed E-state index contributed by atoms with van der Waals surface area (Å²) in [4.78, 5) is 27.2. The smallest absolute Gasteiger partial charge is 0.274 e. The van der Waals surface area contributed by atoms with Crippen LogP contribution in [-0.4, -0.2) is 65.8 Å². The summed E-state index contributed by atoms with van der Waals surface area (Å²) in [5, 5.41) is 23.3. The Hall–Kier alpha value is -2.06. The van der Waals surface area contributed by atoms with E-state index in [0.717, 1.165) is 12.8 Å². The van der Waals surface area contributed by atoms with Gasteiger partial charge < -0.3 is 30.6 Å². The SMILES string of the molecule is C=C(C)N(CCCC(C)C)/C(C(=O)N(C)CCCO)=C(/NC=O)NCO. The topological polar surface area (TPSA) is 105 Å². The standard InChI is InChI=1S/C18H34N4O4/c1-14(2)8-6-10-22(15(3)4)16(17(19-12-24)20-13-25)18(26)21(5)9-7-11-23/h12,14,20,23,25H,3,6-11,13H2,1-2,4-5H3,(H,19,24)/b17-16-. The second-order valence-corrected chi connectivity index (χ2v) is 6.55. The zero-order valence-electron chi connectivity index (χ0n) is 16.4. The summed E-state index contributed by atoms with van der Waals surface area (Å²) in [6.07, 6.45) is 2.72. The lowest BCUT2D eigenvalue weighted by molar-refractivity contribution is -0.127. The van der Waals surface area contributed by atoms with E-state index in [9.17, 15) is 14.7 Å². The number of likely N-dealkylation sites (N-methyl/N-ethyl adjacent to an activating group) is 1. The van der Waals surface area contributed by atoms with Crippen LogP contribution in [0.1, 0.15) is 40.0 Å². The van der Waals surface area contributed by atoms with Crippen LogP contribution in [0.3, 0.4) is 0 Å². The molecule has 2 amide bonds. The summed E-state index contributed by atoms with van der Waals surface area (Å²) in [5.74, 6) is 0.313. The number of allylic oxidation sites excluding steroid dienone is 1. The summed E-state index contributed by atoms with van der Waals surface area (Å²) < 4.78 is 0. The van der Waals surface area contributed by atoms with Crippen molar-refractivity contribution in [2.45, 2.75) is 40.0 Å².